The fraction of sp³-hybridized carbons (Fsp3) is 0.500. The lowest BCUT2D eigenvalue weighted by molar-refractivity contribution is -0.0427. The van der Waals surface area contributed by atoms with Gasteiger partial charge in [0.2, 0.25) is 0 Å². The second kappa shape index (κ2) is 14.8. The molecule has 1 unspecified atom stereocenters. The maximum atomic E-state index is 15.2. The molecule has 9 atom stereocenters. The predicted octanol–water partition coefficient (Wildman–Crippen LogP) is 2.07. The fourth-order valence-electron chi connectivity index (χ4n) is 5.35. The van der Waals surface area contributed by atoms with Crippen molar-refractivity contribution in [1.29, 1.82) is 0 Å². The third-order valence-corrected chi connectivity index (χ3v) is 8.51. The van der Waals surface area contributed by atoms with Crippen molar-refractivity contribution < 1.29 is 46.6 Å². The molecule has 2 saturated heterocycles. The summed E-state index contributed by atoms with van der Waals surface area (Å²) in [6, 6.07) is 0. The average molecular weight is 716 g/mol. The van der Waals surface area contributed by atoms with Crippen molar-refractivity contribution in [3.05, 3.63) is 37.5 Å². The van der Waals surface area contributed by atoms with Crippen LogP contribution < -0.4 is 10.6 Å². The van der Waals surface area contributed by atoms with Gasteiger partial charge >= 0.3 is 15.9 Å². The van der Waals surface area contributed by atoms with Crippen molar-refractivity contribution in [1.82, 2.24) is 39.0 Å². The highest BCUT2D eigenvalue weighted by atomic mass is 32.7. The summed E-state index contributed by atoms with van der Waals surface area (Å²) in [5, 5.41) is 25.3. The summed E-state index contributed by atoms with van der Waals surface area (Å²) in [6.07, 6.45) is -1.75. The number of ether oxygens (including phenoxy) is 2. The van der Waals surface area contributed by atoms with E-state index in [1.165, 1.54) is 34.4 Å². The Morgan fingerprint density at radius 3 is 1.83 bits per heavy atom. The lowest BCUT2D eigenvalue weighted by Crippen LogP contribution is -2.31. The van der Waals surface area contributed by atoms with Crippen LogP contribution in [0, 0.1) is 0 Å². The average Bonchev–Trinajstić information content (AvgIpc) is 3.84. The van der Waals surface area contributed by atoms with Crippen LogP contribution in [0.25, 0.3) is 22.3 Å². The number of nitrogens with one attached hydrogen (secondary N) is 2. The van der Waals surface area contributed by atoms with E-state index in [9.17, 15) is 19.3 Å². The number of nitrogens with zero attached hydrogens (tertiary/aromatic N) is 8. The number of imidazole rings is 2. The van der Waals surface area contributed by atoms with E-state index in [4.69, 9.17) is 18.5 Å². The van der Waals surface area contributed by atoms with Gasteiger partial charge in [-0.1, -0.05) is 12.2 Å². The largest absolute Gasteiger partial charge is 0.582 e. The zero-order valence-corrected chi connectivity index (χ0v) is 26.6. The third-order valence-electron chi connectivity index (χ3n) is 7.48. The number of halogens is 2. The summed E-state index contributed by atoms with van der Waals surface area (Å²) in [7, 11) is -3.16. The topological polar surface area (TPSA) is 223 Å². The van der Waals surface area contributed by atoms with Gasteiger partial charge in [0.15, 0.2) is 64.9 Å². The van der Waals surface area contributed by atoms with Gasteiger partial charge in [0, 0.05) is 13.1 Å². The van der Waals surface area contributed by atoms with Crippen molar-refractivity contribution >= 4 is 62.1 Å². The van der Waals surface area contributed by atoms with E-state index < -0.39 is 78.3 Å². The number of rotatable bonds is 14. The number of alkyl halides is 2. The van der Waals surface area contributed by atoms with Gasteiger partial charge in [-0.25, -0.2) is 43.2 Å². The van der Waals surface area contributed by atoms with Crippen molar-refractivity contribution in [2.24, 2.45) is 0 Å². The first kappa shape index (κ1) is 33.5. The highest BCUT2D eigenvalue weighted by Crippen LogP contribution is 2.41. The van der Waals surface area contributed by atoms with Crippen LogP contribution in [0.3, 0.4) is 0 Å². The van der Waals surface area contributed by atoms with E-state index in [0.29, 0.717) is 35.8 Å². The Bertz CT molecular complexity index is 1770. The standard InChI is InChI=1S/C24H26F2N10O8P2S/c25-13-17(43-45-39)11(5-37)41-23(13)35-9-33-15-19(29-7-31-21(15)35)27-3-1-2-4-28-20-16-22(32-8-30-20)36(10-34-16)24-14(26)18(44-46(40)47)12(6-38)42-24/h1-2,7-14,17-18,23-24,37-38H,3-6H2,(H2-,27,28,29,30,31,32,40,47)/p+1/b2-1+/t11-,12-,13-,14-,17-,18-,23-,24-/m1/s1. The van der Waals surface area contributed by atoms with E-state index in [1.54, 1.807) is 0 Å². The number of anilines is 2. The van der Waals surface area contributed by atoms with Crippen LogP contribution in [0.4, 0.5) is 20.4 Å². The lowest BCUT2D eigenvalue weighted by atomic mass is 10.1. The number of aliphatic hydroxyl groups is 2. The summed E-state index contributed by atoms with van der Waals surface area (Å²) >= 11 is 3.67. The zero-order chi connectivity index (χ0) is 33.1. The minimum Gasteiger partial charge on any atom is -0.394 e. The number of aliphatic hydroxyl groups excluding tert-OH is 2. The van der Waals surface area contributed by atoms with Gasteiger partial charge in [0.05, 0.1) is 25.9 Å². The number of hydrogen-bond acceptors (Lipinski definition) is 16. The molecule has 0 aliphatic carbocycles. The van der Waals surface area contributed by atoms with E-state index >= 15 is 8.78 Å². The van der Waals surface area contributed by atoms with Gasteiger partial charge in [-0.3, -0.25) is 13.7 Å². The minimum absolute atomic E-state index is 0.266. The van der Waals surface area contributed by atoms with Crippen molar-refractivity contribution in [2.45, 2.75) is 49.2 Å². The molecule has 0 spiro atoms. The molecule has 0 aromatic carbocycles. The summed E-state index contributed by atoms with van der Waals surface area (Å²) in [5.41, 5.74) is 1.24. The molecule has 0 saturated carbocycles. The van der Waals surface area contributed by atoms with Crippen LogP contribution in [0.15, 0.2) is 37.5 Å². The third kappa shape index (κ3) is 6.67. The number of aromatic nitrogens is 8. The Labute approximate surface area is 271 Å². The van der Waals surface area contributed by atoms with E-state index in [2.05, 4.69) is 52.8 Å². The molecule has 2 aliphatic heterocycles. The number of thiol groups is 1. The predicted molar refractivity (Wildman–Crippen MR) is 162 cm³/mol. The summed E-state index contributed by atoms with van der Waals surface area (Å²) < 4.78 is 76.5. The van der Waals surface area contributed by atoms with Gasteiger partial charge in [0.25, 0.3) is 0 Å². The molecule has 250 valence electrons. The molecule has 0 amide bonds. The minimum atomic E-state index is -2.43. The van der Waals surface area contributed by atoms with Gasteiger partial charge in [0.1, 0.15) is 43.2 Å². The lowest BCUT2D eigenvalue weighted by Gasteiger charge is -2.15. The molecule has 47 heavy (non-hydrogen) atoms. The highest BCUT2D eigenvalue weighted by molar-refractivity contribution is 8.39. The number of fused-ring (bicyclic) bond motifs is 2. The van der Waals surface area contributed by atoms with Crippen LogP contribution in [0.1, 0.15) is 12.5 Å². The Morgan fingerprint density at radius 2 is 1.36 bits per heavy atom. The molecular weight excluding hydrogens is 688 g/mol. The molecule has 6 heterocycles. The maximum Gasteiger partial charge on any atom is 0.582 e. The first-order chi connectivity index (χ1) is 22.9. The first-order valence-corrected chi connectivity index (χ1v) is 17.0. The van der Waals surface area contributed by atoms with Gasteiger partial charge in [-0.2, -0.15) is 0 Å². The van der Waals surface area contributed by atoms with Crippen LogP contribution in [-0.2, 0) is 27.7 Å². The summed E-state index contributed by atoms with van der Waals surface area (Å²) in [6.45, 7) is -0.431. The number of hydrogen-bond donors (Lipinski definition) is 5. The first-order valence-electron chi connectivity index (χ1n) is 14.0. The molecule has 6 rings (SSSR count). The van der Waals surface area contributed by atoms with E-state index in [-0.39, 0.29) is 11.3 Å². The molecule has 4 aromatic heterocycles. The van der Waals surface area contributed by atoms with E-state index in [1.807, 2.05) is 12.2 Å². The highest BCUT2D eigenvalue weighted by Gasteiger charge is 2.51. The smallest absolute Gasteiger partial charge is 0.394 e. The molecule has 2 aliphatic rings. The Morgan fingerprint density at radius 1 is 0.872 bits per heavy atom. The van der Waals surface area contributed by atoms with Crippen LogP contribution in [0.5, 0.6) is 0 Å². The second-order valence-electron chi connectivity index (χ2n) is 10.2. The molecular formula is C24H27F2N10O8P2S+. The Kier molecular flexibility index (Phi) is 10.5. The molecule has 23 heteroatoms. The van der Waals surface area contributed by atoms with Crippen LogP contribution in [-0.4, -0.2) is 112 Å². The maximum absolute atomic E-state index is 15.2. The quantitative estimate of drug-likeness (QED) is 0.0716. The van der Waals surface area contributed by atoms with Gasteiger partial charge < -0.3 is 30.3 Å². The molecule has 4 N–H and O–H groups in total. The summed E-state index contributed by atoms with van der Waals surface area (Å²) in [5.74, 6) is 0.754. The van der Waals surface area contributed by atoms with Crippen LogP contribution >= 0.6 is 28.2 Å². The normalized spacial score (nSPS) is 28.2. The van der Waals surface area contributed by atoms with Crippen molar-refractivity contribution in [3.63, 3.8) is 0 Å². The van der Waals surface area contributed by atoms with E-state index in [0.717, 1.165) is 0 Å². The molecule has 0 radical (unpaired) electrons. The molecule has 4 aromatic rings. The Balaban J connectivity index is 1.07. The zero-order valence-electron chi connectivity index (χ0n) is 23.9. The van der Waals surface area contributed by atoms with Gasteiger partial charge in [-0.05, 0) is 4.57 Å². The van der Waals surface area contributed by atoms with Crippen molar-refractivity contribution in [2.75, 3.05) is 36.9 Å². The SMILES string of the molecule is O=PO[C@H]1[C@@H](F)[C@H](n2cnc3c(NC/C=C/CNc4ncnc5c4ncn5[C@@H]4O[C@H](CO)[C@@H](O[P+](=O)S)[C@H]4F)ncnc32)O[C@@H]1CO. The Hall–Kier alpha value is -3.39. The second-order valence-corrected chi connectivity index (χ2v) is 12.2. The summed E-state index contributed by atoms with van der Waals surface area (Å²) in [4.78, 5) is 25.4. The molecule has 0 bridgehead atoms. The monoisotopic (exact) mass is 715 g/mol. The molecule has 2 fully saturated rings. The fourth-order valence-corrected chi connectivity index (χ4v) is 6.49. The van der Waals surface area contributed by atoms with Crippen molar-refractivity contribution in [3.8, 4) is 0 Å². The van der Waals surface area contributed by atoms with Gasteiger partial charge in [-0.15, -0.1) is 4.52 Å². The molecule has 18 nitrogen and oxygen atoms in total. The van der Waals surface area contributed by atoms with Crippen LogP contribution in [0.2, 0.25) is 0 Å².